The molecule has 0 aliphatic rings. The molecule has 0 unspecified atom stereocenters. The van der Waals surface area contributed by atoms with E-state index in [4.69, 9.17) is 14.7 Å². The molecule has 0 N–H and O–H groups in total. The zero-order valence-electron chi connectivity index (χ0n) is 12.6. The van der Waals surface area contributed by atoms with Gasteiger partial charge < -0.3 is 9.47 Å². The van der Waals surface area contributed by atoms with Gasteiger partial charge in [0.25, 0.3) is 0 Å². The highest BCUT2D eigenvalue weighted by molar-refractivity contribution is 5.84. The Bertz CT molecular complexity index is 817. The Kier molecular flexibility index (Phi) is 4.70. The van der Waals surface area contributed by atoms with Gasteiger partial charge in [0, 0.05) is 18.0 Å². The summed E-state index contributed by atoms with van der Waals surface area (Å²) in [5.74, 6) is 1.55. The van der Waals surface area contributed by atoms with Gasteiger partial charge >= 0.3 is 0 Å². The molecule has 0 bridgehead atoms. The van der Waals surface area contributed by atoms with Crippen LogP contribution in [0.15, 0.2) is 60.8 Å². The first-order chi connectivity index (χ1) is 11.4. The van der Waals surface area contributed by atoms with E-state index >= 15 is 0 Å². The third kappa shape index (κ3) is 3.78. The first-order valence-electron chi connectivity index (χ1n) is 7.46. The first kappa shape index (κ1) is 14.9. The summed E-state index contributed by atoms with van der Waals surface area (Å²) >= 11 is 0. The monoisotopic (exact) mass is 304 g/mol. The Labute approximate surface area is 134 Å². The standard InChI is InChI=1S/C19H16N2O2/c20-14-15-7-9-17(10-8-15)22-12-3-13-23-18-6-1-4-16-5-2-11-21-19(16)18/h1-2,4-11H,3,12-13H2. The number of pyridine rings is 1. The van der Waals surface area contributed by atoms with Gasteiger partial charge in [-0.15, -0.1) is 0 Å². The van der Waals surface area contributed by atoms with E-state index in [1.54, 1.807) is 30.5 Å². The van der Waals surface area contributed by atoms with Gasteiger partial charge in [0.2, 0.25) is 0 Å². The fourth-order valence-electron chi connectivity index (χ4n) is 2.25. The number of rotatable bonds is 6. The number of hydrogen-bond acceptors (Lipinski definition) is 4. The molecule has 1 heterocycles. The summed E-state index contributed by atoms with van der Waals surface area (Å²) in [5.41, 5.74) is 1.51. The van der Waals surface area contributed by atoms with Crippen molar-refractivity contribution in [3.05, 3.63) is 66.4 Å². The van der Waals surface area contributed by atoms with Gasteiger partial charge in [0.1, 0.15) is 17.0 Å². The van der Waals surface area contributed by atoms with Gasteiger partial charge in [0.05, 0.1) is 24.8 Å². The number of benzene rings is 2. The molecule has 0 aliphatic carbocycles. The number of aromatic nitrogens is 1. The highest BCUT2D eigenvalue weighted by atomic mass is 16.5. The zero-order valence-corrected chi connectivity index (χ0v) is 12.6. The SMILES string of the molecule is N#Cc1ccc(OCCCOc2cccc3cccnc23)cc1. The zero-order chi connectivity index (χ0) is 15.9. The Morgan fingerprint density at radius 3 is 2.52 bits per heavy atom. The minimum atomic E-state index is 0.560. The van der Waals surface area contributed by atoms with Crippen LogP contribution < -0.4 is 9.47 Å². The van der Waals surface area contributed by atoms with Crippen molar-refractivity contribution >= 4 is 10.9 Å². The molecule has 23 heavy (non-hydrogen) atoms. The lowest BCUT2D eigenvalue weighted by Gasteiger charge is -2.09. The lowest BCUT2D eigenvalue weighted by molar-refractivity contribution is 0.249. The highest BCUT2D eigenvalue weighted by Gasteiger charge is 2.02. The smallest absolute Gasteiger partial charge is 0.145 e. The van der Waals surface area contributed by atoms with Gasteiger partial charge in [-0.05, 0) is 36.4 Å². The molecule has 3 aromatic rings. The molecule has 0 fully saturated rings. The number of nitriles is 1. The normalized spacial score (nSPS) is 10.2. The molecule has 0 aliphatic heterocycles. The maximum Gasteiger partial charge on any atom is 0.145 e. The van der Waals surface area contributed by atoms with E-state index in [-0.39, 0.29) is 0 Å². The summed E-state index contributed by atoms with van der Waals surface area (Å²) in [7, 11) is 0. The molecule has 2 aromatic carbocycles. The topological polar surface area (TPSA) is 55.1 Å². The fourth-order valence-corrected chi connectivity index (χ4v) is 2.25. The molecule has 0 spiro atoms. The maximum atomic E-state index is 8.75. The second-order valence-corrected chi connectivity index (χ2v) is 5.02. The van der Waals surface area contributed by atoms with E-state index in [0.29, 0.717) is 18.8 Å². The van der Waals surface area contributed by atoms with Crippen LogP contribution in [-0.4, -0.2) is 18.2 Å². The quantitative estimate of drug-likeness (QED) is 0.647. The van der Waals surface area contributed by atoms with Gasteiger partial charge in [0.15, 0.2) is 0 Å². The molecule has 4 nitrogen and oxygen atoms in total. The molecule has 0 atom stereocenters. The lowest BCUT2D eigenvalue weighted by atomic mass is 10.2. The van der Waals surface area contributed by atoms with E-state index in [9.17, 15) is 0 Å². The number of hydrogen-bond donors (Lipinski definition) is 0. The lowest BCUT2D eigenvalue weighted by Crippen LogP contribution is -2.05. The average molecular weight is 304 g/mol. The molecule has 1 aromatic heterocycles. The largest absolute Gasteiger partial charge is 0.493 e. The van der Waals surface area contributed by atoms with Gasteiger partial charge in [-0.25, -0.2) is 0 Å². The third-order valence-corrected chi connectivity index (χ3v) is 3.39. The van der Waals surface area contributed by atoms with Crippen LogP contribution in [0.2, 0.25) is 0 Å². The number of fused-ring (bicyclic) bond motifs is 1. The van der Waals surface area contributed by atoms with E-state index < -0.39 is 0 Å². The van der Waals surface area contributed by atoms with Crippen LogP contribution in [-0.2, 0) is 0 Å². The molecule has 4 heteroatoms. The maximum absolute atomic E-state index is 8.75. The van der Waals surface area contributed by atoms with E-state index in [1.165, 1.54) is 0 Å². The number of para-hydroxylation sites is 1. The Hall–Kier alpha value is -3.06. The van der Waals surface area contributed by atoms with Crippen molar-refractivity contribution in [1.29, 1.82) is 5.26 Å². The van der Waals surface area contributed by atoms with Gasteiger partial charge in [-0.1, -0.05) is 18.2 Å². The number of ether oxygens (including phenoxy) is 2. The highest BCUT2D eigenvalue weighted by Crippen LogP contribution is 2.23. The molecular weight excluding hydrogens is 288 g/mol. The van der Waals surface area contributed by atoms with Crippen molar-refractivity contribution in [2.45, 2.75) is 6.42 Å². The Morgan fingerprint density at radius 2 is 1.70 bits per heavy atom. The molecule has 0 saturated heterocycles. The average Bonchev–Trinajstić information content (AvgIpc) is 2.62. The summed E-state index contributed by atoms with van der Waals surface area (Å²) in [6.45, 7) is 1.12. The molecule has 0 radical (unpaired) electrons. The van der Waals surface area contributed by atoms with Crippen LogP contribution in [0, 0.1) is 11.3 Å². The molecule has 0 saturated carbocycles. The van der Waals surface area contributed by atoms with E-state index in [2.05, 4.69) is 11.1 Å². The van der Waals surface area contributed by atoms with Crippen molar-refractivity contribution < 1.29 is 9.47 Å². The predicted octanol–water partition coefficient (Wildman–Crippen LogP) is 3.95. The van der Waals surface area contributed by atoms with Crippen LogP contribution in [0.4, 0.5) is 0 Å². The van der Waals surface area contributed by atoms with E-state index in [1.807, 2.05) is 30.3 Å². The second-order valence-electron chi connectivity index (χ2n) is 5.02. The molecule has 3 rings (SSSR count). The minimum absolute atomic E-state index is 0.560. The molecule has 114 valence electrons. The molecule has 0 amide bonds. The van der Waals surface area contributed by atoms with Crippen LogP contribution in [0.5, 0.6) is 11.5 Å². The summed E-state index contributed by atoms with van der Waals surface area (Å²) < 4.78 is 11.4. The van der Waals surface area contributed by atoms with Crippen LogP contribution in [0.1, 0.15) is 12.0 Å². The van der Waals surface area contributed by atoms with Gasteiger partial charge in [-0.3, -0.25) is 4.98 Å². The van der Waals surface area contributed by atoms with Crippen molar-refractivity contribution in [2.75, 3.05) is 13.2 Å². The Balaban J connectivity index is 1.48. The second kappa shape index (κ2) is 7.28. The van der Waals surface area contributed by atoms with Crippen LogP contribution in [0.25, 0.3) is 10.9 Å². The third-order valence-electron chi connectivity index (χ3n) is 3.39. The van der Waals surface area contributed by atoms with Crippen LogP contribution in [0.3, 0.4) is 0 Å². The summed E-state index contributed by atoms with van der Waals surface area (Å²) in [6, 6.07) is 19.0. The number of nitrogens with zero attached hydrogens (tertiary/aromatic N) is 2. The predicted molar refractivity (Wildman–Crippen MR) is 88.5 cm³/mol. The van der Waals surface area contributed by atoms with Crippen molar-refractivity contribution in [3.8, 4) is 17.6 Å². The van der Waals surface area contributed by atoms with Gasteiger partial charge in [-0.2, -0.15) is 5.26 Å². The summed E-state index contributed by atoms with van der Waals surface area (Å²) in [4.78, 5) is 4.36. The first-order valence-corrected chi connectivity index (χ1v) is 7.46. The Morgan fingerprint density at radius 1 is 0.913 bits per heavy atom. The van der Waals surface area contributed by atoms with Crippen molar-refractivity contribution in [2.24, 2.45) is 0 Å². The minimum Gasteiger partial charge on any atom is -0.493 e. The van der Waals surface area contributed by atoms with Crippen molar-refractivity contribution in [1.82, 2.24) is 4.98 Å². The fraction of sp³-hybridized carbons (Fsp3) is 0.158. The van der Waals surface area contributed by atoms with Crippen LogP contribution >= 0.6 is 0 Å². The van der Waals surface area contributed by atoms with Crippen molar-refractivity contribution in [3.63, 3.8) is 0 Å². The summed E-state index contributed by atoms with van der Waals surface area (Å²) in [5, 5.41) is 9.81. The van der Waals surface area contributed by atoms with E-state index in [0.717, 1.165) is 28.8 Å². The molecular formula is C19H16N2O2. The summed E-state index contributed by atoms with van der Waals surface area (Å²) in [6.07, 6.45) is 2.53.